The number of aromatic hydroxyl groups is 1. The quantitative estimate of drug-likeness (QED) is 0.857. The highest BCUT2D eigenvalue weighted by molar-refractivity contribution is 5.96. The van der Waals surface area contributed by atoms with E-state index in [0.717, 1.165) is 16.9 Å². The summed E-state index contributed by atoms with van der Waals surface area (Å²) < 4.78 is 0. The van der Waals surface area contributed by atoms with Crippen LogP contribution in [0.4, 0.5) is 11.4 Å². The Morgan fingerprint density at radius 1 is 1.04 bits per heavy atom. The largest absolute Gasteiger partial charge is 0.506 e. The molecule has 2 aromatic rings. The third-order valence-electron chi connectivity index (χ3n) is 5.67. The van der Waals surface area contributed by atoms with Crippen LogP contribution in [0.3, 0.4) is 0 Å². The average Bonchev–Trinajstić information content (AvgIpc) is 2.72. The second-order valence-corrected chi connectivity index (χ2v) is 7.44. The molecule has 2 heterocycles. The number of phenols is 1. The number of nitrogens with zero attached hydrogens (tertiary/aromatic N) is 2. The molecule has 2 N–H and O–H groups in total. The van der Waals surface area contributed by atoms with Gasteiger partial charge in [0.05, 0.1) is 5.69 Å². The van der Waals surface area contributed by atoms with Gasteiger partial charge in [-0.25, -0.2) is 0 Å². The highest BCUT2D eigenvalue weighted by Crippen LogP contribution is 2.29. The molecule has 2 aliphatic heterocycles. The third-order valence-corrected chi connectivity index (χ3v) is 5.67. The van der Waals surface area contributed by atoms with Crippen LogP contribution in [0.1, 0.15) is 18.4 Å². The van der Waals surface area contributed by atoms with Crippen molar-refractivity contribution in [1.82, 2.24) is 4.90 Å². The van der Waals surface area contributed by atoms with Crippen LogP contribution < -0.4 is 10.2 Å². The number of carbonyl (C=O) groups is 2. The molecule has 0 bridgehead atoms. The number of fused-ring (bicyclic) bond motifs is 1. The van der Waals surface area contributed by atoms with Gasteiger partial charge in [0, 0.05) is 44.2 Å². The maximum Gasteiger partial charge on any atom is 0.227 e. The van der Waals surface area contributed by atoms with Gasteiger partial charge in [-0.2, -0.15) is 0 Å². The monoisotopic (exact) mass is 379 g/mol. The van der Waals surface area contributed by atoms with Gasteiger partial charge in [0.25, 0.3) is 0 Å². The lowest BCUT2D eigenvalue weighted by Gasteiger charge is -2.36. The van der Waals surface area contributed by atoms with Gasteiger partial charge in [-0.05, 0) is 36.6 Å². The third kappa shape index (κ3) is 3.81. The summed E-state index contributed by atoms with van der Waals surface area (Å²) in [7, 11) is 0. The number of piperazine rings is 1. The van der Waals surface area contributed by atoms with Crippen molar-refractivity contribution in [2.24, 2.45) is 5.92 Å². The molecule has 1 atom stereocenters. The fraction of sp³-hybridized carbons (Fsp3) is 0.364. The molecule has 1 fully saturated rings. The van der Waals surface area contributed by atoms with E-state index >= 15 is 0 Å². The van der Waals surface area contributed by atoms with Crippen LogP contribution in [0, 0.1) is 5.92 Å². The Bertz CT molecular complexity index is 875. The van der Waals surface area contributed by atoms with E-state index in [0.29, 0.717) is 45.4 Å². The van der Waals surface area contributed by atoms with E-state index in [1.54, 1.807) is 12.1 Å². The molecule has 28 heavy (non-hydrogen) atoms. The lowest BCUT2D eigenvalue weighted by atomic mass is 9.89. The highest BCUT2D eigenvalue weighted by atomic mass is 16.3. The minimum atomic E-state index is -0.151. The van der Waals surface area contributed by atoms with Gasteiger partial charge in [0.15, 0.2) is 0 Å². The van der Waals surface area contributed by atoms with E-state index in [4.69, 9.17) is 0 Å². The predicted octanol–water partition coefficient (Wildman–Crippen LogP) is 2.63. The standard InChI is InChI=1S/C22H25N3O3/c26-20-8-4-3-7-19(20)24-11-13-25(14-12-24)21(27)10-9-17-15-16-5-1-2-6-18(16)23-22(17)28/h1-8,17,26H,9-15H2,(H,23,28). The number of para-hydroxylation sites is 3. The molecule has 6 nitrogen and oxygen atoms in total. The summed E-state index contributed by atoms with van der Waals surface area (Å²) in [5.41, 5.74) is 2.83. The topological polar surface area (TPSA) is 72.9 Å². The Morgan fingerprint density at radius 3 is 2.54 bits per heavy atom. The van der Waals surface area contributed by atoms with Crippen molar-refractivity contribution in [2.75, 3.05) is 36.4 Å². The van der Waals surface area contributed by atoms with Gasteiger partial charge in [-0.1, -0.05) is 30.3 Å². The Labute approximate surface area is 164 Å². The Hall–Kier alpha value is -3.02. The number of phenolic OH excluding ortho intramolecular Hbond substituents is 1. The number of benzene rings is 2. The van der Waals surface area contributed by atoms with Gasteiger partial charge in [0.1, 0.15) is 5.75 Å². The first-order chi connectivity index (χ1) is 13.6. The van der Waals surface area contributed by atoms with Crippen molar-refractivity contribution in [3.8, 4) is 5.75 Å². The van der Waals surface area contributed by atoms with Crippen molar-refractivity contribution in [3.05, 3.63) is 54.1 Å². The maximum atomic E-state index is 12.6. The van der Waals surface area contributed by atoms with Crippen molar-refractivity contribution in [2.45, 2.75) is 19.3 Å². The minimum absolute atomic E-state index is 0.0101. The summed E-state index contributed by atoms with van der Waals surface area (Å²) in [5, 5.41) is 12.9. The summed E-state index contributed by atoms with van der Waals surface area (Å²) >= 11 is 0. The number of carbonyl (C=O) groups excluding carboxylic acids is 2. The predicted molar refractivity (Wildman–Crippen MR) is 108 cm³/mol. The number of hydrogen-bond donors (Lipinski definition) is 2. The van der Waals surface area contributed by atoms with Crippen molar-refractivity contribution in [1.29, 1.82) is 0 Å². The molecule has 0 radical (unpaired) electrons. The number of amides is 2. The molecule has 1 saturated heterocycles. The first kappa shape index (κ1) is 18.3. The van der Waals surface area contributed by atoms with E-state index in [2.05, 4.69) is 10.2 Å². The van der Waals surface area contributed by atoms with Crippen LogP contribution in [0.5, 0.6) is 5.75 Å². The van der Waals surface area contributed by atoms with Crippen molar-refractivity contribution < 1.29 is 14.7 Å². The second-order valence-electron chi connectivity index (χ2n) is 7.44. The van der Waals surface area contributed by atoms with E-state index in [9.17, 15) is 14.7 Å². The Kier molecular flexibility index (Phi) is 5.19. The SMILES string of the molecule is O=C1Nc2ccccc2CC1CCC(=O)N1CCN(c2ccccc2O)CC1. The number of anilines is 2. The minimum Gasteiger partial charge on any atom is -0.506 e. The molecule has 0 spiro atoms. The first-order valence-corrected chi connectivity index (χ1v) is 9.81. The Balaban J connectivity index is 1.28. The Morgan fingerprint density at radius 2 is 1.75 bits per heavy atom. The maximum absolute atomic E-state index is 12.6. The molecule has 2 aliphatic rings. The number of nitrogens with one attached hydrogen (secondary N) is 1. The number of hydrogen-bond acceptors (Lipinski definition) is 4. The number of rotatable bonds is 4. The van der Waals surface area contributed by atoms with Crippen molar-refractivity contribution in [3.63, 3.8) is 0 Å². The van der Waals surface area contributed by atoms with Crippen LogP contribution in [0.2, 0.25) is 0 Å². The molecule has 146 valence electrons. The highest BCUT2D eigenvalue weighted by Gasteiger charge is 2.28. The zero-order valence-corrected chi connectivity index (χ0v) is 15.8. The molecule has 0 aromatic heterocycles. The van der Waals surface area contributed by atoms with E-state index in [1.807, 2.05) is 41.3 Å². The van der Waals surface area contributed by atoms with Crippen LogP contribution in [0.15, 0.2) is 48.5 Å². The van der Waals surface area contributed by atoms with Gasteiger partial charge < -0.3 is 20.2 Å². The lowest BCUT2D eigenvalue weighted by Crippen LogP contribution is -2.49. The van der Waals surface area contributed by atoms with E-state index in [1.165, 1.54) is 0 Å². The molecule has 0 aliphatic carbocycles. The summed E-state index contributed by atoms with van der Waals surface area (Å²) in [5.74, 6) is 0.228. The zero-order chi connectivity index (χ0) is 19.5. The molecule has 2 amide bonds. The van der Waals surface area contributed by atoms with E-state index < -0.39 is 0 Å². The summed E-state index contributed by atoms with van der Waals surface area (Å²) in [6, 6.07) is 15.1. The molecular formula is C22H25N3O3. The lowest BCUT2D eigenvalue weighted by molar-refractivity contribution is -0.132. The smallest absolute Gasteiger partial charge is 0.227 e. The fourth-order valence-corrected chi connectivity index (χ4v) is 4.03. The van der Waals surface area contributed by atoms with Gasteiger partial charge >= 0.3 is 0 Å². The molecule has 6 heteroatoms. The zero-order valence-electron chi connectivity index (χ0n) is 15.8. The first-order valence-electron chi connectivity index (χ1n) is 9.81. The van der Waals surface area contributed by atoms with Crippen LogP contribution in [-0.2, 0) is 16.0 Å². The van der Waals surface area contributed by atoms with E-state index in [-0.39, 0.29) is 23.5 Å². The fourth-order valence-electron chi connectivity index (χ4n) is 4.03. The van der Waals surface area contributed by atoms with Crippen LogP contribution in [0.25, 0.3) is 0 Å². The molecule has 4 rings (SSSR count). The van der Waals surface area contributed by atoms with Crippen LogP contribution >= 0.6 is 0 Å². The van der Waals surface area contributed by atoms with Crippen LogP contribution in [-0.4, -0.2) is 48.0 Å². The van der Waals surface area contributed by atoms with Gasteiger partial charge in [-0.15, -0.1) is 0 Å². The molecule has 1 unspecified atom stereocenters. The second kappa shape index (κ2) is 7.92. The molecule has 2 aromatic carbocycles. The molecule has 0 saturated carbocycles. The van der Waals surface area contributed by atoms with Gasteiger partial charge in [-0.3, -0.25) is 9.59 Å². The van der Waals surface area contributed by atoms with Crippen molar-refractivity contribution >= 4 is 23.2 Å². The summed E-state index contributed by atoms with van der Waals surface area (Å²) in [6.45, 7) is 2.65. The summed E-state index contributed by atoms with van der Waals surface area (Å²) in [6.07, 6.45) is 1.64. The molecular weight excluding hydrogens is 354 g/mol. The normalized spacial score (nSPS) is 19.1. The van der Waals surface area contributed by atoms with Gasteiger partial charge in [0.2, 0.25) is 11.8 Å². The summed E-state index contributed by atoms with van der Waals surface area (Å²) in [4.78, 5) is 28.9. The average molecular weight is 379 g/mol.